The molecule has 2 aromatic carbocycles. The zero-order valence-corrected chi connectivity index (χ0v) is 12.1. The van der Waals surface area contributed by atoms with Gasteiger partial charge in [-0.25, -0.2) is 4.98 Å². The highest BCUT2D eigenvalue weighted by atomic mass is 35.5. The minimum atomic E-state index is 0.560. The van der Waals surface area contributed by atoms with E-state index in [-0.39, 0.29) is 0 Å². The molecule has 1 aromatic heterocycles. The standard InChI is InChI=1S/C16H15ClN4/c17-14-7-5-12(6-8-14)11-1-3-13(4-2-11)16-19-15(9-10-18)20-21-16/h1-8H,9-10,18H2,(H,19,20,21). The van der Waals surface area contributed by atoms with Gasteiger partial charge in [0.05, 0.1) is 0 Å². The van der Waals surface area contributed by atoms with Crippen LogP contribution < -0.4 is 5.73 Å². The van der Waals surface area contributed by atoms with Crippen LogP contribution in [-0.4, -0.2) is 21.7 Å². The number of aromatic amines is 1. The molecule has 0 saturated carbocycles. The van der Waals surface area contributed by atoms with Crippen LogP contribution in [0.2, 0.25) is 5.02 Å². The van der Waals surface area contributed by atoms with Gasteiger partial charge in [-0.1, -0.05) is 48.0 Å². The van der Waals surface area contributed by atoms with Gasteiger partial charge in [0.1, 0.15) is 5.82 Å². The summed E-state index contributed by atoms with van der Waals surface area (Å²) in [5.74, 6) is 1.51. The summed E-state index contributed by atoms with van der Waals surface area (Å²) in [5.41, 5.74) is 8.75. The van der Waals surface area contributed by atoms with Crippen LogP contribution >= 0.6 is 11.6 Å². The van der Waals surface area contributed by atoms with Crippen LogP contribution in [0.5, 0.6) is 0 Å². The lowest BCUT2D eigenvalue weighted by Crippen LogP contribution is -2.03. The highest BCUT2D eigenvalue weighted by Crippen LogP contribution is 2.24. The molecule has 0 aliphatic heterocycles. The van der Waals surface area contributed by atoms with Crippen LogP contribution in [0.1, 0.15) is 5.82 Å². The Hall–Kier alpha value is -2.17. The number of aromatic nitrogens is 3. The largest absolute Gasteiger partial charge is 0.330 e. The lowest BCUT2D eigenvalue weighted by Gasteiger charge is -2.02. The Bertz CT molecular complexity index is 717. The summed E-state index contributed by atoms with van der Waals surface area (Å²) in [6, 6.07) is 15.9. The fourth-order valence-electron chi connectivity index (χ4n) is 2.13. The molecule has 5 heteroatoms. The molecule has 3 aromatic rings. The van der Waals surface area contributed by atoms with Gasteiger partial charge in [-0.3, -0.25) is 5.10 Å². The Kier molecular flexibility index (Phi) is 3.99. The summed E-state index contributed by atoms with van der Waals surface area (Å²) < 4.78 is 0. The topological polar surface area (TPSA) is 67.6 Å². The highest BCUT2D eigenvalue weighted by Gasteiger charge is 2.06. The first kappa shape index (κ1) is 13.8. The van der Waals surface area contributed by atoms with E-state index in [9.17, 15) is 0 Å². The summed E-state index contributed by atoms with van der Waals surface area (Å²) in [5, 5.41) is 7.85. The Labute approximate surface area is 128 Å². The Morgan fingerprint density at radius 3 is 2.10 bits per heavy atom. The van der Waals surface area contributed by atoms with Crippen molar-refractivity contribution in [3.8, 4) is 22.5 Å². The van der Waals surface area contributed by atoms with E-state index in [2.05, 4.69) is 27.3 Å². The summed E-state index contributed by atoms with van der Waals surface area (Å²) in [6.45, 7) is 0.560. The Morgan fingerprint density at radius 1 is 0.905 bits per heavy atom. The van der Waals surface area contributed by atoms with Crippen molar-refractivity contribution in [2.45, 2.75) is 6.42 Å². The second-order valence-electron chi connectivity index (χ2n) is 4.73. The van der Waals surface area contributed by atoms with Gasteiger partial charge >= 0.3 is 0 Å². The fraction of sp³-hybridized carbons (Fsp3) is 0.125. The van der Waals surface area contributed by atoms with Crippen LogP contribution in [0.25, 0.3) is 22.5 Å². The number of rotatable bonds is 4. The molecule has 0 saturated heterocycles. The molecule has 0 aliphatic carbocycles. The summed E-state index contributed by atoms with van der Waals surface area (Å²) in [4.78, 5) is 4.42. The molecule has 0 aliphatic rings. The first-order chi connectivity index (χ1) is 10.3. The third-order valence-corrected chi connectivity index (χ3v) is 3.49. The zero-order chi connectivity index (χ0) is 14.7. The summed E-state index contributed by atoms with van der Waals surface area (Å²) in [6.07, 6.45) is 0.704. The maximum atomic E-state index is 5.90. The SMILES string of the molecule is NCCc1nc(-c2ccc(-c3ccc(Cl)cc3)cc2)n[nH]1. The van der Waals surface area contributed by atoms with Crippen molar-refractivity contribution in [3.05, 3.63) is 59.4 Å². The lowest BCUT2D eigenvalue weighted by molar-refractivity contribution is 0.874. The molecule has 0 radical (unpaired) electrons. The molecule has 3 rings (SSSR count). The second kappa shape index (κ2) is 6.08. The van der Waals surface area contributed by atoms with Crippen LogP contribution in [-0.2, 0) is 6.42 Å². The van der Waals surface area contributed by atoms with Gasteiger partial charge in [-0.15, -0.1) is 0 Å². The second-order valence-corrected chi connectivity index (χ2v) is 5.17. The number of nitrogens with zero attached hydrogens (tertiary/aromatic N) is 2. The van der Waals surface area contributed by atoms with Gasteiger partial charge < -0.3 is 5.73 Å². The lowest BCUT2D eigenvalue weighted by atomic mass is 10.0. The van der Waals surface area contributed by atoms with Gasteiger partial charge in [0, 0.05) is 17.0 Å². The maximum absolute atomic E-state index is 5.90. The van der Waals surface area contributed by atoms with E-state index in [0.29, 0.717) is 18.8 Å². The molecule has 0 unspecified atom stereocenters. The third-order valence-electron chi connectivity index (χ3n) is 3.23. The number of hydrogen-bond donors (Lipinski definition) is 2. The van der Waals surface area contributed by atoms with E-state index in [0.717, 1.165) is 27.5 Å². The van der Waals surface area contributed by atoms with Gasteiger partial charge in [0.25, 0.3) is 0 Å². The number of hydrogen-bond acceptors (Lipinski definition) is 3. The van der Waals surface area contributed by atoms with Gasteiger partial charge in [0.15, 0.2) is 5.82 Å². The van der Waals surface area contributed by atoms with Gasteiger partial charge in [0.2, 0.25) is 0 Å². The summed E-state index contributed by atoms with van der Waals surface area (Å²) >= 11 is 5.90. The highest BCUT2D eigenvalue weighted by molar-refractivity contribution is 6.30. The number of H-pyrrole nitrogens is 1. The van der Waals surface area contributed by atoms with E-state index >= 15 is 0 Å². The van der Waals surface area contributed by atoms with E-state index in [1.165, 1.54) is 0 Å². The normalized spacial score (nSPS) is 10.8. The van der Waals surface area contributed by atoms with Gasteiger partial charge in [-0.05, 0) is 29.8 Å². The summed E-state index contributed by atoms with van der Waals surface area (Å²) in [7, 11) is 0. The van der Waals surface area contributed by atoms with Crippen LogP contribution in [0.15, 0.2) is 48.5 Å². The molecule has 3 N–H and O–H groups in total. The number of benzene rings is 2. The first-order valence-corrected chi connectivity index (χ1v) is 7.12. The minimum Gasteiger partial charge on any atom is -0.330 e. The van der Waals surface area contributed by atoms with E-state index in [1.54, 1.807) is 0 Å². The van der Waals surface area contributed by atoms with Crippen LogP contribution in [0, 0.1) is 0 Å². The Morgan fingerprint density at radius 2 is 1.48 bits per heavy atom. The first-order valence-electron chi connectivity index (χ1n) is 6.74. The molecule has 0 amide bonds. The Balaban J connectivity index is 1.84. The predicted octanol–water partition coefficient (Wildman–Crippen LogP) is 3.29. The molecule has 0 spiro atoms. The van der Waals surface area contributed by atoms with E-state index < -0.39 is 0 Å². The molecular formula is C16H15ClN4. The predicted molar refractivity (Wildman–Crippen MR) is 85.0 cm³/mol. The molecule has 4 nitrogen and oxygen atoms in total. The number of nitrogens with two attached hydrogens (primary N) is 1. The van der Waals surface area contributed by atoms with Crippen molar-refractivity contribution in [3.63, 3.8) is 0 Å². The van der Waals surface area contributed by atoms with Crippen molar-refractivity contribution < 1.29 is 0 Å². The smallest absolute Gasteiger partial charge is 0.181 e. The number of halogens is 1. The fourth-order valence-corrected chi connectivity index (χ4v) is 2.25. The molecule has 0 fully saturated rings. The van der Waals surface area contributed by atoms with E-state index in [1.807, 2.05) is 36.4 Å². The monoisotopic (exact) mass is 298 g/mol. The number of nitrogens with one attached hydrogen (secondary N) is 1. The van der Waals surface area contributed by atoms with Crippen molar-refractivity contribution in [1.82, 2.24) is 15.2 Å². The third kappa shape index (κ3) is 3.12. The average Bonchev–Trinajstić information content (AvgIpc) is 2.97. The molecule has 0 atom stereocenters. The molecule has 106 valence electrons. The van der Waals surface area contributed by atoms with Crippen molar-refractivity contribution >= 4 is 11.6 Å². The molecule has 21 heavy (non-hydrogen) atoms. The van der Waals surface area contributed by atoms with Crippen molar-refractivity contribution in [1.29, 1.82) is 0 Å². The maximum Gasteiger partial charge on any atom is 0.181 e. The van der Waals surface area contributed by atoms with Crippen molar-refractivity contribution in [2.75, 3.05) is 6.54 Å². The van der Waals surface area contributed by atoms with Crippen LogP contribution in [0.4, 0.5) is 0 Å². The quantitative estimate of drug-likeness (QED) is 0.776. The van der Waals surface area contributed by atoms with Crippen molar-refractivity contribution in [2.24, 2.45) is 5.73 Å². The molecule has 1 heterocycles. The van der Waals surface area contributed by atoms with E-state index in [4.69, 9.17) is 17.3 Å². The molecule has 0 bridgehead atoms. The zero-order valence-electron chi connectivity index (χ0n) is 11.4. The van der Waals surface area contributed by atoms with Gasteiger partial charge in [-0.2, -0.15) is 5.10 Å². The average molecular weight is 299 g/mol. The minimum absolute atomic E-state index is 0.560. The van der Waals surface area contributed by atoms with Crippen LogP contribution in [0.3, 0.4) is 0 Å². The molecular weight excluding hydrogens is 284 g/mol.